The van der Waals surface area contributed by atoms with Gasteiger partial charge < -0.3 is 34.2 Å². The molecule has 0 amide bonds. The van der Waals surface area contributed by atoms with Crippen LogP contribution in [0.3, 0.4) is 0 Å². The number of carbonyl (C=O) groups is 1. The summed E-state index contributed by atoms with van der Waals surface area (Å²) in [6, 6.07) is 0. The van der Waals surface area contributed by atoms with Crippen LogP contribution < -0.4 is 5.73 Å². The minimum absolute atomic E-state index is 0.248. The SMILES string of the molecule is CC(C)(C)OC(=O)CCOCCOCCOCCOCCOCCN. The standard InChI is InChI=1S/C17H35NO7/c1-17(2,3)25-16(19)4-6-20-8-10-22-12-14-24-15-13-23-11-9-21-7-5-18/h4-15,18H2,1-3H3. The first-order valence-corrected chi connectivity index (χ1v) is 8.76. The number of ether oxygens (including phenoxy) is 6. The maximum Gasteiger partial charge on any atom is 0.308 e. The van der Waals surface area contributed by atoms with E-state index < -0.39 is 5.60 Å². The Morgan fingerprint density at radius 3 is 1.40 bits per heavy atom. The van der Waals surface area contributed by atoms with Crippen molar-refractivity contribution in [1.82, 2.24) is 0 Å². The number of hydrogen-bond donors (Lipinski definition) is 1. The average molecular weight is 365 g/mol. The van der Waals surface area contributed by atoms with Crippen LogP contribution in [0.25, 0.3) is 0 Å². The third-order valence-corrected chi connectivity index (χ3v) is 2.62. The highest BCUT2D eigenvalue weighted by Gasteiger charge is 2.15. The summed E-state index contributed by atoms with van der Waals surface area (Å²) in [6.07, 6.45) is 0.248. The molecule has 8 nitrogen and oxygen atoms in total. The molecule has 0 saturated heterocycles. The molecule has 0 atom stereocenters. The highest BCUT2D eigenvalue weighted by Crippen LogP contribution is 2.07. The van der Waals surface area contributed by atoms with Crippen LogP contribution in [0.2, 0.25) is 0 Å². The molecule has 25 heavy (non-hydrogen) atoms. The van der Waals surface area contributed by atoms with Gasteiger partial charge in [0.15, 0.2) is 0 Å². The smallest absolute Gasteiger partial charge is 0.308 e. The van der Waals surface area contributed by atoms with Gasteiger partial charge in [-0.2, -0.15) is 0 Å². The second kappa shape index (κ2) is 16.7. The second-order valence-corrected chi connectivity index (χ2v) is 6.19. The molecule has 0 aliphatic rings. The van der Waals surface area contributed by atoms with Crippen LogP contribution in [0.4, 0.5) is 0 Å². The average Bonchev–Trinajstić information content (AvgIpc) is 2.53. The van der Waals surface area contributed by atoms with E-state index in [9.17, 15) is 4.79 Å². The molecule has 8 heteroatoms. The van der Waals surface area contributed by atoms with E-state index in [0.29, 0.717) is 72.6 Å². The molecule has 0 heterocycles. The van der Waals surface area contributed by atoms with Gasteiger partial charge in [-0.05, 0) is 20.8 Å². The van der Waals surface area contributed by atoms with Crippen molar-refractivity contribution >= 4 is 5.97 Å². The lowest BCUT2D eigenvalue weighted by Gasteiger charge is -2.19. The van der Waals surface area contributed by atoms with E-state index in [1.54, 1.807) is 0 Å². The number of rotatable bonds is 17. The Morgan fingerprint density at radius 2 is 1.04 bits per heavy atom. The van der Waals surface area contributed by atoms with Gasteiger partial charge in [0.25, 0.3) is 0 Å². The lowest BCUT2D eigenvalue weighted by molar-refractivity contribution is -0.156. The van der Waals surface area contributed by atoms with Gasteiger partial charge in [0, 0.05) is 6.54 Å². The molecule has 150 valence electrons. The molecule has 0 aromatic heterocycles. The first kappa shape index (κ1) is 24.2. The number of esters is 1. The van der Waals surface area contributed by atoms with Gasteiger partial charge in [-0.3, -0.25) is 4.79 Å². The Morgan fingerprint density at radius 1 is 0.680 bits per heavy atom. The minimum atomic E-state index is -0.455. The van der Waals surface area contributed by atoms with Crippen LogP contribution in [-0.4, -0.2) is 84.2 Å². The first-order chi connectivity index (χ1) is 12.0. The Bertz CT molecular complexity index is 308. The molecule has 0 fully saturated rings. The zero-order valence-electron chi connectivity index (χ0n) is 15.9. The molecule has 2 N–H and O–H groups in total. The van der Waals surface area contributed by atoms with Crippen molar-refractivity contribution in [3.63, 3.8) is 0 Å². The summed E-state index contributed by atoms with van der Waals surface area (Å²) in [5, 5.41) is 0. The van der Waals surface area contributed by atoms with E-state index in [1.807, 2.05) is 20.8 Å². The van der Waals surface area contributed by atoms with Gasteiger partial charge in [0.2, 0.25) is 0 Å². The Hall–Kier alpha value is -0.770. The summed E-state index contributed by atoms with van der Waals surface area (Å²) in [4.78, 5) is 11.4. The molecular weight excluding hydrogens is 330 g/mol. The van der Waals surface area contributed by atoms with Crippen LogP contribution in [0.5, 0.6) is 0 Å². The van der Waals surface area contributed by atoms with Crippen molar-refractivity contribution in [2.75, 3.05) is 72.6 Å². The molecule has 0 spiro atoms. The third kappa shape index (κ3) is 21.2. The molecule has 0 aliphatic heterocycles. The molecule has 0 rings (SSSR count). The Kier molecular flexibility index (Phi) is 16.2. The Balaban J connectivity index is 3.13. The summed E-state index contributed by atoms with van der Waals surface area (Å²) in [6.45, 7) is 11.0. The van der Waals surface area contributed by atoms with Crippen molar-refractivity contribution in [3.05, 3.63) is 0 Å². The molecule has 0 unspecified atom stereocenters. The van der Waals surface area contributed by atoms with Crippen LogP contribution in [0, 0.1) is 0 Å². The maximum atomic E-state index is 11.4. The molecule has 0 bridgehead atoms. The van der Waals surface area contributed by atoms with Gasteiger partial charge in [0.05, 0.1) is 72.5 Å². The van der Waals surface area contributed by atoms with Crippen LogP contribution in [0.1, 0.15) is 27.2 Å². The summed E-state index contributed by atoms with van der Waals surface area (Å²) in [7, 11) is 0. The predicted octanol–water partition coefficient (Wildman–Crippen LogP) is 0.760. The largest absolute Gasteiger partial charge is 0.460 e. The van der Waals surface area contributed by atoms with Gasteiger partial charge in [-0.15, -0.1) is 0 Å². The van der Waals surface area contributed by atoms with E-state index >= 15 is 0 Å². The van der Waals surface area contributed by atoms with Crippen molar-refractivity contribution in [1.29, 1.82) is 0 Å². The van der Waals surface area contributed by atoms with Crippen molar-refractivity contribution in [3.8, 4) is 0 Å². The van der Waals surface area contributed by atoms with E-state index in [0.717, 1.165) is 0 Å². The summed E-state index contributed by atoms with van der Waals surface area (Å²) in [5.74, 6) is -0.255. The normalized spacial score (nSPS) is 11.7. The van der Waals surface area contributed by atoms with E-state index in [2.05, 4.69) is 0 Å². The van der Waals surface area contributed by atoms with Gasteiger partial charge >= 0.3 is 5.97 Å². The van der Waals surface area contributed by atoms with Gasteiger partial charge in [0.1, 0.15) is 5.60 Å². The van der Waals surface area contributed by atoms with Crippen LogP contribution in [-0.2, 0) is 33.2 Å². The lowest BCUT2D eigenvalue weighted by Crippen LogP contribution is -2.24. The fourth-order valence-electron chi connectivity index (χ4n) is 1.61. The monoisotopic (exact) mass is 365 g/mol. The van der Waals surface area contributed by atoms with Crippen molar-refractivity contribution in [2.45, 2.75) is 32.8 Å². The molecule has 0 radical (unpaired) electrons. The quantitative estimate of drug-likeness (QED) is 0.298. The van der Waals surface area contributed by atoms with Crippen LogP contribution in [0.15, 0.2) is 0 Å². The number of hydrogen-bond acceptors (Lipinski definition) is 8. The number of carbonyl (C=O) groups excluding carboxylic acids is 1. The summed E-state index contributed by atoms with van der Waals surface area (Å²) >= 11 is 0. The summed E-state index contributed by atoms with van der Waals surface area (Å²) < 4.78 is 31.7. The van der Waals surface area contributed by atoms with E-state index in [1.165, 1.54) is 0 Å². The molecule has 0 aromatic rings. The van der Waals surface area contributed by atoms with E-state index in [4.69, 9.17) is 34.2 Å². The predicted molar refractivity (Wildman–Crippen MR) is 93.6 cm³/mol. The molecule has 0 aliphatic carbocycles. The topological polar surface area (TPSA) is 98.5 Å². The van der Waals surface area contributed by atoms with Gasteiger partial charge in [-0.1, -0.05) is 0 Å². The van der Waals surface area contributed by atoms with E-state index in [-0.39, 0.29) is 12.4 Å². The maximum absolute atomic E-state index is 11.4. The third-order valence-electron chi connectivity index (χ3n) is 2.62. The lowest BCUT2D eigenvalue weighted by atomic mass is 10.2. The highest BCUT2D eigenvalue weighted by atomic mass is 16.6. The van der Waals surface area contributed by atoms with Crippen molar-refractivity contribution in [2.24, 2.45) is 5.73 Å². The first-order valence-electron chi connectivity index (χ1n) is 8.76. The Labute approximate surface area is 151 Å². The molecule has 0 saturated carbocycles. The van der Waals surface area contributed by atoms with Gasteiger partial charge in [-0.25, -0.2) is 0 Å². The van der Waals surface area contributed by atoms with Crippen molar-refractivity contribution < 1.29 is 33.2 Å². The van der Waals surface area contributed by atoms with Crippen LogP contribution >= 0.6 is 0 Å². The second-order valence-electron chi connectivity index (χ2n) is 6.19. The zero-order chi connectivity index (χ0) is 18.8. The highest BCUT2D eigenvalue weighted by molar-refractivity contribution is 5.69. The minimum Gasteiger partial charge on any atom is -0.460 e. The fraction of sp³-hybridized carbons (Fsp3) is 0.941. The fourth-order valence-corrected chi connectivity index (χ4v) is 1.61. The summed E-state index contributed by atoms with van der Waals surface area (Å²) in [5.41, 5.74) is 4.84. The molecule has 0 aromatic carbocycles. The zero-order valence-corrected chi connectivity index (χ0v) is 15.9. The molecular formula is C17H35NO7. The number of nitrogens with two attached hydrogens (primary N) is 1.